The Morgan fingerprint density at radius 2 is 1.60 bits per heavy atom. The average Bonchev–Trinajstić information content (AvgIpc) is 2.40. The summed E-state index contributed by atoms with van der Waals surface area (Å²) in [5.41, 5.74) is 1.15. The van der Waals surface area contributed by atoms with Gasteiger partial charge in [0.15, 0.2) is 5.75 Å². The van der Waals surface area contributed by atoms with Gasteiger partial charge in [-0.05, 0) is 35.4 Å². The van der Waals surface area contributed by atoms with Crippen LogP contribution in [0.3, 0.4) is 0 Å². The summed E-state index contributed by atoms with van der Waals surface area (Å²) in [4.78, 5) is 9.95. The minimum absolute atomic E-state index is 0.323. The minimum Gasteiger partial charge on any atom is -0.502 e. The van der Waals surface area contributed by atoms with Gasteiger partial charge >= 0.3 is 5.69 Å². The monoisotopic (exact) mass is 309 g/mol. The van der Waals surface area contributed by atoms with E-state index in [0.29, 0.717) is 15.6 Å². The number of nitro benzene ring substituents is 1. The molecule has 20 heavy (non-hydrogen) atoms. The number of phenols is 1. The summed E-state index contributed by atoms with van der Waals surface area (Å²) >= 11 is 11.7. The Bertz CT molecular complexity index is 699. The first-order valence-electron chi connectivity index (χ1n) is 5.58. The lowest BCUT2D eigenvalue weighted by molar-refractivity contribution is -0.385. The highest BCUT2D eigenvalue weighted by molar-refractivity contribution is 6.42. The van der Waals surface area contributed by atoms with Crippen LogP contribution in [0.2, 0.25) is 10.0 Å². The Hall–Kier alpha value is -2.04. The number of aromatic hydroxyl groups is 1. The lowest BCUT2D eigenvalue weighted by Crippen LogP contribution is -1.88. The molecule has 0 aliphatic rings. The van der Waals surface area contributed by atoms with Crippen LogP contribution < -0.4 is 0 Å². The quantitative estimate of drug-likeness (QED) is 0.504. The Morgan fingerprint density at radius 3 is 2.15 bits per heavy atom. The highest BCUT2D eigenvalue weighted by Gasteiger charge is 2.11. The molecule has 2 aromatic rings. The molecule has 0 radical (unpaired) electrons. The van der Waals surface area contributed by atoms with Gasteiger partial charge in [0.25, 0.3) is 0 Å². The van der Waals surface area contributed by atoms with E-state index in [4.69, 9.17) is 23.2 Å². The number of nitrogens with zero attached hydrogens (tertiary/aromatic N) is 1. The molecule has 4 nitrogen and oxygen atoms in total. The smallest absolute Gasteiger partial charge is 0.310 e. The highest BCUT2D eigenvalue weighted by atomic mass is 35.5. The summed E-state index contributed by atoms with van der Waals surface area (Å²) in [5, 5.41) is 21.0. The van der Waals surface area contributed by atoms with Gasteiger partial charge in [0, 0.05) is 6.07 Å². The van der Waals surface area contributed by atoms with Crippen molar-refractivity contribution >= 4 is 41.0 Å². The minimum atomic E-state index is -0.637. The van der Waals surface area contributed by atoms with Crippen molar-refractivity contribution in [3.63, 3.8) is 0 Å². The maximum absolute atomic E-state index is 10.6. The van der Waals surface area contributed by atoms with Crippen LogP contribution in [-0.2, 0) is 0 Å². The average molecular weight is 310 g/mol. The summed E-state index contributed by atoms with van der Waals surface area (Å²) in [6.07, 6.45) is 3.48. The molecule has 102 valence electrons. The Kier molecular flexibility index (Phi) is 4.27. The van der Waals surface area contributed by atoms with Crippen LogP contribution in [0.4, 0.5) is 5.69 Å². The van der Waals surface area contributed by atoms with Gasteiger partial charge in [0.1, 0.15) is 0 Å². The van der Waals surface area contributed by atoms with E-state index in [1.54, 1.807) is 36.4 Å². The molecule has 0 heterocycles. The number of benzene rings is 2. The predicted octanol–water partition coefficient (Wildman–Crippen LogP) is 4.78. The third-order valence-corrected chi connectivity index (χ3v) is 3.35. The number of phenolic OH excluding ortho intramolecular Hbond substituents is 1. The summed E-state index contributed by atoms with van der Waals surface area (Å²) in [6.45, 7) is 0. The molecule has 0 amide bonds. The molecule has 0 saturated carbocycles. The molecule has 2 rings (SSSR count). The van der Waals surface area contributed by atoms with Gasteiger partial charge in [-0.2, -0.15) is 0 Å². The molecule has 0 spiro atoms. The normalized spacial score (nSPS) is 10.9. The molecule has 1 N–H and O–H groups in total. The van der Waals surface area contributed by atoms with Crippen molar-refractivity contribution < 1.29 is 10.0 Å². The molecular weight excluding hydrogens is 301 g/mol. The van der Waals surface area contributed by atoms with Crippen LogP contribution in [0.1, 0.15) is 11.1 Å². The largest absolute Gasteiger partial charge is 0.502 e. The van der Waals surface area contributed by atoms with Crippen molar-refractivity contribution in [2.45, 2.75) is 0 Å². The van der Waals surface area contributed by atoms with Crippen molar-refractivity contribution in [1.82, 2.24) is 0 Å². The summed E-state index contributed by atoms with van der Waals surface area (Å²) in [7, 11) is 0. The predicted molar refractivity (Wildman–Crippen MR) is 80.2 cm³/mol. The van der Waals surface area contributed by atoms with E-state index in [9.17, 15) is 15.2 Å². The second-order valence-corrected chi connectivity index (χ2v) is 4.83. The van der Waals surface area contributed by atoms with E-state index >= 15 is 0 Å². The third kappa shape index (κ3) is 3.29. The molecule has 0 unspecified atom stereocenters. The van der Waals surface area contributed by atoms with Crippen LogP contribution in [0, 0.1) is 10.1 Å². The first kappa shape index (κ1) is 14.4. The maximum atomic E-state index is 10.6. The van der Waals surface area contributed by atoms with Gasteiger partial charge in [-0.3, -0.25) is 10.1 Å². The maximum Gasteiger partial charge on any atom is 0.310 e. The lowest BCUT2D eigenvalue weighted by atomic mass is 10.1. The molecule has 2 aromatic carbocycles. The second kappa shape index (κ2) is 5.94. The van der Waals surface area contributed by atoms with Crippen LogP contribution >= 0.6 is 23.2 Å². The standard InChI is InChI=1S/C14H9Cl2NO3/c15-11-5-3-9(7-12(11)16)1-2-10-4-6-13(17(19)20)14(18)8-10/h1-8,18H/b2-1+. The van der Waals surface area contributed by atoms with Crippen LogP contribution in [0.5, 0.6) is 5.75 Å². The van der Waals surface area contributed by atoms with Crippen LogP contribution in [0.15, 0.2) is 36.4 Å². The Labute approximate surface area is 125 Å². The fraction of sp³-hybridized carbons (Fsp3) is 0. The van der Waals surface area contributed by atoms with Crippen molar-refractivity contribution in [3.05, 3.63) is 67.7 Å². The molecule has 0 aromatic heterocycles. The Balaban J connectivity index is 2.25. The first-order chi connectivity index (χ1) is 9.47. The molecule has 0 aliphatic heterocycles. The van der Waals surface area contributed by atoms with Crippen molar-refractivity contribution in [1.29, 1.82) is 0 Å². The van der Waals surface area contributed by atoms with Crippen molar-refractivity contribution in [2.24, 2.45) is 0 Å². The van der Waals surface area contributed by atoms with E-state index in [2.05, 4.69) is 0 Å². The van der Waals surface area contributed by atoms with Gasteiger partial charge in [-0.15, -0.1) is 0 Å². The number of nitro groups is 1. The first-order valence-corrected chi connectivity index (χ1v) is 6.33. The van der Waals surface area contributed by atoms with Crippen LogP contribution in [0.25, 0.3) is 12.2 Å². The van der Waals surface area contributed by atoms with E-state index in [0.717, 1.165) is 5.56 Å². The van der Waals surface area contributed by atoms with Gasteiger partial charge in [0.2, 0.25) is 0 Å². The molecule has 0 aliphatic carbocycles. The third-order valence-electron chi connectivity index (χ3n) is 2.61. The molecule has 0 fully saturated rings. The van der Waals surface area contributed by atoms with Crippen molar-refractivity contribution in [3.8, 4) is 5.75 Å². The summed E-state index contributed by atoms with van der Waals surface area (Å²) < 4.78 is 0. The zero-order chi connectivity index (χ0) is 14.7. The fourth-order valence-electron chi connectivity index (χ4n) is 1.61. The molecular formula is C14H9Cl2NO3. The molecule has 0 saturated heterocycles. The lowest BCUT2D eigenvalue weighted by Gasteiger charge is -1.99. The SMILES string of the molecule is O=[N+]([O-])c1ccc(/C=C/c2ccc(Cl)c(Cl)c2)cc1O. The zero-order valence-electron chi connectivity index (χ0n) is 10.1. The van der Waals surface area contributed by atoms with E-state index in [1.807, 2.05) is 0 Å². The van der Waals surface area contributed by atoms with Crippen molar-refractivity contribution in [2.75, 3.05) is 0 Å². The van der Waals surface area contributed by atoms with E-state index in [1.165, 1.54) is 12.1 Å². The van der Waals surface area contributed by atoms with E-state index in [-0.39, 0.29) is 11.4 Å². The van der Waals surface area contributed by atoms with Crippen LogP contribution in [-0.4, -0.2) is 10.0 Å². The highest BCUT2D eigenvalue weighted by Crippen LogP contribution is 2.27. The fourth-order valence-corrected chi connectivity index (χ4v) is 1.91. The van der Waals surface area contributed by atoms with Gasteiger partial charge in [-0.1, -0.05) is 41.4 Å². The summed E-state index contributed by atoms with van der Waals surface area (Å²) in [5.74, 6) is -0.369. The number of hydrogen-bond acceptors (Lipinski definition) is 3. The van der Waals surface area contributed by atoms with E-state index < -0.39 is 4.92 Å². The zero-order valence-corrected chi connectivity index (χ0v) is 11.6. The second-order valence-electron chi connectivity index (χ2n) is 4.01. The molecule has 0 atom stereocenters. The van der Waals surface area contributed by atoms with Gasteiger partial charge in [-0.25, -0.2) is 0 Å². The number of rotatable bonds is 3. The van der Waals surface area contributed by atoms with Gasteiger partial charge in [0.05, 0.1) is 15.0 Å². The number of hydrogen-bond donors (Lipinski definition) is 1. The van der Waals surface area contributed by atoms with Gasteiger partial charge < -0.3 is 5.11 Å². The summed E-state index contributed by atoms with van der Waals surface area (Å²) in [6, 6.07) is 9.29. The molecule has 6 heteroatoms. The molecule has 0 bridgehead atoms. The number of halogens is 2. The topological polar surface area (TPSA) is 63.4 Å². The Morgan fingerprint density at radius 1 is 1.00 bits per heavy atom.